The van der Waals surface area contributed by atoms with Crippen molar-refractivity contribution in [1.82, 2.24) is 4.90 Å². The minimum Gasteiger partial charge on any atom is -0.347 e. The zero-order valence-corrected chi connectivity index (χ0v) is 7.80. The van der Waals surface area contributed by atoms with Crippen LogP contribution in [0.5, 0.6) is 0 Å². The number of hydrogen-bond donors (Lipinski definition) is 1. The zero-order chi connectivity index (χ0) is 11.0. The van der Waals surface area contributed by atoms with Gasteiger partial charge >= 0.3 is 0 Å². The Morgan fingerprint density at radius 2 is 2.13 bits per heavy atom. The molecule has 0 bridgehead atoms. The topological polar surface area (TPSA) is 27.1 Å². The lowest BCUT2D eigenvalue weighted by Crippen LogP contribution is -2.29. The molecule has 0 spiro atoms. The van der Waals surface area contributed by atoms with Crippen molar-refractivity contribution in [3.8, 4) is 0 Å². The van der Waals surface area contributed by atoms with Gasteiger partial charge in [0.1, 0.15) is 11.7 Å². The molecular weight excluding hydrogens is 205 g/mol. The molecular formula is C10H9F3N2. The maximum Gasteiger partial charge on any atom is 0.255 e. The van der Waals surface area contributed by atoms with Crippen LogP contribution in [0.2, 0.25) is 0 Å². The number of fused-ring (bicyclic) bond motifs is 1. The first kappa shape index (κ1) is 10.0. The number of alkyl halides is 2. The molecule has 2 nitrogen and oxygen atoms in total. The molecule has 0 fully saturated rings. The van der Waals surface area contributed by atoms with Gasteiger partial charge < -0.3 is 4.90 Å². The molecule has 0 radical (unpaired) electrons. The molecule has 15 heavy (non-hydrogen) atoms. The summed E-state index contributed by atoms with van der Waals surface area (Å²) in [5, 5.41) is 7.60. The smallest absolute Gasteiger partial charge is 0.255 e. The summed E-state index contributed by atoms with van der Waals surface area (Å²) in [6, 6.07) is 4.02. The number of hydrogen-bond acceptors (Lipinski definition) is 1. The van der Waals surface area contributed by atoms with Gasteiger partial charge in [0.2, 0.25) is 0 Å². The van der Waals surface area contributed by atoms with Gasteiger partial charge in [0.15, 0.2) is 0 Å². The van der Waals surface area contributed by atoms with Gasteiger partial charge in [0.05, 0.1) is 6.54 Å². The van der Waals surface area contributed by atoms with Crippen LogP contribution in [-0.4, -0.2) is 23.7 Å². The van der Waals surface area contributed by atoms with Crippen molar-refractivity contribution in [1.29, 1.82) is 5.41 Å². The molecule has 0 aromatic heterocycles. The van der Waals surface area contributed by atoms with E-state index in [1.54, 1.807) is 0 Å². The molecule has 1 N–H and O–H groups in total. The second-order valence-electron chi connectivity index (χ2n) is 3.42. The maximum absolute atomic E-state index is 12.9. The van der Waals surface area contributed by atoms with Crippen molar-refractivity contribution in [2.45, 2.75) is 13.0 Å². The van der Waals surface area contributed by atoms with Crippen molar-refractivity contribution in [2.75, 3.05) is 6.54 Å². The third-order valence-electron chi connectivity index (χ3n) is 2.36. The van der Waals surface area contributed by atoms with Crippen molar-refractivity contribution >= 4 is 5.84 Å². The highest BCUT2D eigenvalue weighted by Crippen LogP contribution is 2.23. The van der Waals surface area contributed by atoms with Crippen molar-refractivity contribution in [3.63, 3.8) is 0 Å². The van der Waals surface area contributed by atoms with E-state index in [0.29, 0.717) is 5.56 Å². The van der Waals surface area contributed by atoms with E-state index in [4.69, 9.17) is 5.41 Å². The third kappa shape index (κ3) is 1.82. The molecule has 0 unspecified atom stereocenters. The van der Waals surface area contributed by atoms with Crippen molar-refractivity contribution in [3.05, 3.63) is 35.1 Å². The molecule has 1 aliphatic rings. The SMILES string of the molecule is N=C1c2cc(F)ccc2CN1CC(F)F. The van der Waals surface area contributed by atoms with Crippen LogP contribution in [0, 0.1) is 11.2 Å². The monoisotopic (exact) mass is 214 g/mol. The highest BCUT2D eigenvalue weighted by molar-refractivity contribution is 6.00. The summed E-state index contributed by atoms with van der Waals surface area (Å²) in [5.41, 5.74) is 1.14. The Balaban J connectivity index is 2.26. The molecule has 5 heteroatoms. The summed E-state index contributed by atoms with van der Waals surface area (Å²) in [5.74, 6) is -0.470. The van der Waals surface area contributed by atoms with Crippen LogP contribution in [0.4, 0.5) is 13.2 Å². The van der Waals surface area contributed by atoms with Crippen LogP contribution in [0.25, 0.3) is 0 Å². The predicted octanol–water partition coefficient (Wildman–Crippen LogP) is 2.23. The Kier molecular flexibility index (Phi) is 2.38. The Bertz CT molecular complexity index is 404. The maximum atomic E-state index is 12.9. The lowest BCUT2D eigenvalue weighted by atomic mass is 10.1. The number of rotatable bonds is 2. The minimum atomic E-state index is -2.48. The molecule has 1 aliphatic heterocycles. The molecule has 0 saturated heterocycles. The van der Waals surface area contributed by atoms with E-state index in [2.05, 4.69) is 0 Å². The first-order valence-electron chi connectivity index (χ1n) is 4.48. The molecule has 1 aromatic rings. The quantitative estimate of drug-likeness (QED) is 0.803. The fourth-order valence-corrected chi connectivity index (χ4v) is 1.68. The van der Waals surface area contributed by atoms with Gasteiger partial charge in [-0.25, -0.2) is 13.2 Å². The average molecular weight is 214 g/mol. The molecule has 0 atom stereocenters. The second kappa shape index (κ2) is 3.56. The van der Waals surface area contributed by atoms with E-state index in [1.807, 2.05) is 0 Å². The van der Waals surface area contributed by atoms with E-state index in [9.17, 15) is 13.2 Å². The van der Waals surface area contributed by atoms with Crippen molar-refractivity contribution < 1.29 is 13.2 Å². The molecule has 0 saturated carbocycles. The molecule has 1 aromatic carbocycles. The van der Waals surface area contributed by atoms with Crippen LogP contribution in [-0.2, 0) is 6.54 Å². The number of nitrogens with one attached hydrogen (secondary N) is 1. The predicted molar refractivity (Wildman–Crippen MR) is 49.6 cm³/mol. The Morgan fingerprint density at radius 3 is 2.80 bits per heavy atom. The van der Waals surface area contributed by atoms with Crippen LogP contribution >= 0.6 is 0 Å². The van der Waals surface area contributed by atoms with Gasteiger partial charge in [0.25, 0.3) is 6.43 Å². The third-order valence-corrected chi connectivity index (χ3v) is 2.36. The normalized spacial score (nSPS) is 14.9. The van der Waals surface area contributed by atoms with E-state index in [-0.39, 0.29) is 12.4 Å². The number of amidine groups is 1. The lowest BCUT2D eigenvalue weighted by Gasteiger charge is -2.16. The zero-order valence-electron chi connectivity index (χ0n) is 7.80. The largest absolute Gasteiger partial charge is 0.347 e. The molecule has 1 heterocycles. The van der Waals surface area contributed by atoms with Gasteiger partial charge in [-0.2, -0.15) is 0 Å². The van der Waals surface area contributed by atoms with E-state index < -0.39 is 18.8 Å². The highest BCUT2D eigenvalue weighted by atomic mass is 19.3. The Morgan fingerprint density at radius 1 is 1.40 bits per heavy atom. The summed E-state index contributed by atoms with van der Waals surface area (Å²) in [6.45, 7) is -0.214. The summed E-state index contributed by atoms with van der Waals surface area (Å²) < 4.78 is 37.2. The highest BCUT2D eigenvalue weighted by Gasteiger charge is 2.26. The van der Waals surface area contributed by atoms with Gasteiger partial charge in [-0.1, -0.05) is 6.07 Å². The molecule has 0 amide bonds. The van der Waals surface area contributed by atoms with Gasteiger partial charge in [-0.3, -0.25) is 5.41 Å². The average Bonchev–Trinajstić information content (AvgIpc) is 2.44. The molecule has 2 rings (SSSR count). The fourth-order valence-electron chi connectivity index (χ4n) is 1.68. The summed E-state index contributed by atoms with van der Waals surface area (Å²) in [7, 11) is 0. The van der Waals surface area contributed by atoms with E-state index in [0.717, 1.165) is 5.56 Å². The standard InChI is InChI=1S/C10H9F3N2/c11-7-2-1-6-4-15(5-9(12)13)10(14)8(6)3-7/h1-3,9,14H,4-5H2. The van der Waals surface area contributed by atoms with Crippen LogP contribution < -0.4 is 0 Å². The van der Waals surface area contributed by atoms with Crippen LogP contribution in [0.3, 0.4) is 0 Å². The lowest BCUT2D eigenvalue weighted by molar-refractivity contribution is 0.115. The van der Waals surface area contributed by atoms with Gasteiger partial charge in [-0.05, 0) is 17.7 Å². The first-order valence-corrected chi connectivity index (χ1v) is 4.48. The van der Waals surface area contributed by atoms with E-state index in [1.165, 1.54) is 23.1 Å². The first-order chi connectivity index (χ1) is 7.08. The fraction of sp³-hybridized carbons (Fsp3) is 0.300. The minimum absolute atomic E-state index is 0.0233. The van der Waals surface area contributed by atoms with Crippen molar-refractivity contribution in [2.24, 2.45) is 0 Å². The van der Waals surface area contributed by atoms with Gasteiger partial charge in [0, 0.05) is 12.1 Å². The molecule has 0 aliphatic carbocycles. The number of nitrogens with zero attached hydrogens (tertiary/aromatic N) is 1. The number of halogens is 3. The molecule has 80 valence electrons. The van der Waals surface area contributed by atoms with Gasteiger partial charge in [-0.15, -0.1) is 0 Å². The number of benzene rings is 1. The Hall–Kier alpha value is -1.52. The van der Waals surface area contributed by atoms with E-state index >= 15 is 0 Å². The van der Waals surface area contributed by atoms with Crippen LogP contribution in [0.1, 0.15) is 11.1 Å². The van der Waals surface area contributed by atoms with Crippen LogP contribution in [0.15, 0.2) is 18.2 Å². The summed E-state index contributed by atoms with van der Waals surface area (Å²) >= 11 is 0. The summed E-state index contributed by atoms with van der Waals surface area (Å²) in [6.07, 6.45) is -2.48. The Labute approximate surface area is 84.8 Å². The second-order valence-corrected chi connectivity index (χ2v) is 3.42. The summed E-state index contributed by atoms with van der Waals surface area (Å²) in [4.78, 5) is 1.24.